The molecule has 2 unspecified atom stereocenters. The number of nitrogens with zero attached hydrogens (tertiary/aromatic N) is 2. The van der Waals surface area contributed by atoms with Crippen LogP contribution < -0.4 is 5.73 Å². The zero-order chi connectivity index (χ0) is 12.9. The van der Waals surface area contributed by atoms with E-state index in [1.807, 2.05) is 0 Å². The van der Waals surface area contributed by atoms with E-state index in [1.165, 1.54) is 6.42 Å². The number of nitrogens with two attached hydrogens (primary N) is 1. The lowest BCUT2D eigenvalue weighted by Crippen LogP contribution is -2.47. The molecule has 2 atom stereocenters. The summed E-state index contributed by atoms with van der Waals surface area (Å²) in [5.41, 5.74) is 6.27. The van der Waals surface area contributed by atoms with Crippen LogP contribution in [0.3, 0.4) is 0 Å². The van der Waals surface area contributed by atoms with E-state index in [1.54, 1.807) is 0 Å². The SMILES string of the molecule is CCN(CCCN(C)C)CC1(C)COCC1N. The molecule has 4 heteroatoms. The molecule has 0 amide bonds. The quantitative estimate of drug-likeness (QED) is 0.712. The maximum absolute atomic E-state index is 6.13. The van der Waals surface area contributed by atoms with E-state index in [9.17, 15) is 0 Å². The second-order valence-electron chi connectivity index (χ2n) is 5.80. The largest absolute Gasteiger partial charge is 0.379 e. The highest BCUT2D eigenvalue weighted by Gasteiger charge is 2.38. The molecule has 0 aromatic rings. The molecule has 0 bridgehead atoms. The van der Waals surface area contributed by atoms with Gasteiger partial charge in [0.2, 0.25) is 0 Å². The Hall–Kier alpha value is -0.160. The van der Waals surface area contributed by atoms with Gasteiger partial charge in [-0.3, -0.25) is 0 Å². The van der Waals surface area contributed by atoms with Crippen molar-refractivity contribution in [2.75, 3.05) is 53.5 Å². The average Bonchev–Trinajstić information content (AvgIpc) is 2.57. The third-order valence-corrected chi connectivity index (χ3v) is 3.74. The van der Waals surface area contributed by atoms with E-state index in [0.717, 1.165) is 32.8 Å². The molecular weight excluding hydrogens is 214 g/mol. The number of hydrogen-bond acceptors (Lipinski definition) is 4. The van der Waals surface area contributed by atoms with Crippen LogP contribution in [0.5, 0.6) is 0 Å². The van der Waals surface area contributed by atoms with Gasteiger partial charge in [0.1, 0.15) is 0 Å². The maximum atomic E-state index is 6.13. The van der Waals surface area contributed by atoms with Gasteiger partial charge in [-0.05, 0) is 40.2 Å². The summed E-state index contributed by atoms with van der Waals surface area (Å²) in [6.45, 7) is 10.4. The first kappa shape index (κ1) is 14.9. The first-order valence-electron chi connectivity index (χ1n) is 6.68. The summed E-state index contributed by atoms with van der Waals surface area (Å²) in [5.74, 6) is 0. The average molecular weight is 243 g/mol. The van der Waals surface area contributed by atoms with Crippen LogP contribution in [0.15, 0.2) is 0 Å². The number of rotatable bonds is 7. The van der Waals surface area contributed by atoms with Gasteiger partial charge in [-0.15, -0.1) is 0 Å². The smallest absolute Gasteiger partial charge is 0.0624 e. The minimum Gasteiger partial charge on any atom is -0.379 e. The molecule has 0 radical (unpaired) electrons. The summed E-state index contributed by atoms with van der Waals surface area (Å²) >= 11 is 0. The zero-order valence-corrected chi connectivity index (χ0v) is 11.9. The van der Waals surface area contributed by atoms with Crippen LogP contribution in [0, 0.1) is 5.41 Å². The fraction of sp³-hybridized carbons (Fsp3) is 1.00. The number of ether oxygens (including phenoxy) is 1. The molecule has 4 nitrogen and oxygen atoms in total. The van der Waals surface area contributed by atoms with Crippen molar-refractivity contribution in [2.45, 2.75) is 26.3 Å². The molecule has 1 saturated heterocycles. The zero-order valence-electron chi connectivity index (χ0n) is 11.9. The fourth-order valence-electron chi connectivity index (χ4n) is 2.36. The standard InChI is InChI=1S/C13H29N3O/c1-5-16(8-6-7-15(3)4)10-13(2)11-17-9-12(13)14/h12H,5-11,14H2,1-4H3. The van der Waals surface area contributed by atoms with Crippen molar-refractivity contribution in [3.63, 3.8) is 0 Å². The number of hydrogen-bond donors (Lipinski definition) is 1. The molecule has 1 rings (SSSR count). The first-order chi connectivity index (χ1) is 7.98. The summed E-state index contributed by atoms with van der Waals surface area (Å²) in [4.78, 5) is 4.73. The molecule has 1 aliphatic rings. The van der Waals surface area contributed by atoms with Crippen molar-refractivity contribution in [1.82, 2.24) is 9.80 Å². The molecule has 0 aliphatic carbocycles. The molecule has 2 N–H and O–H groups in total. The van der Waals surface area contributed by atoms with Gasteiger partial charge in [-0.25, -0.2) is 0 Å². The normalized spacial score (nSPS) is 29.5. The van der Waals surface area contributed by atoms with Crippen LogP contribution in [0.2, 0.25) is 0 Å². The summed E-state index contributed by atoms with van der Waals surface area (Å²) < 4.78 is 5.50. The Morgan fingerprint density at radius 1 is 1.35 bits per heavy atom. The lowest BCUT2D eigenvalue weighted by Gasteiger charge is -2.33. The Labute approximate surface area is 106 Å². The van der Waals surface area contributed by atoms with Crippen molar-refractivity contribution in [1.29, 1.82) is 0 Å². The highest BCUT2D eigenvalue weighted by atomic mass is 16.5. The molecule has 0 saturated carbocycles. The van der Waals surface area contributed by atoms with Crippen LogP contribution >= 0.6 is 0 Å². The van der Waals surface area contributed by atoms with E-state index >= 15 is 0 Å². The topological polar surface area (TPSA) is 41.7 Å². The third kappa shape index (κ3) is 4.54. The first-order valence-corrected chi connectivity index (χ1v) is 6.68. The monoisotopic (exact) mass is 243 g/mol. The van der Waals surface area contributed by atoms with E-state index in [4.69, 9.17) is 10.5 Å². The van der Waals surface area contributed by atoms with Crippen LogP contribution in [0.25, 0.3) is 0 Å². The van der Waals surface area contributed by atoms with Crippen LogP contribution in [0.1, 0.15) is 20.3 Å². The van der Waals surface area contributed by atoms with Gasteiger partial charge in [0.15, 0.2) is 0 Å². The van der Waals surface area contributed by atoms with E-state index in [2.05, 4.69) is 37.7 Å². The summed E-state index contributed by atoms with van der Waals surface area (Å²) in [6, 6.07) is 0.186. The summed E-state index contributed by atoms with van der Waals surface area (Å²) in [5, 5.41) is 0. The molecule has 0 spiro atoms. The molecule has 1 heterocycles. The summed E-state index contributed by atoms with van der Waals surface area (Å²) in [7, 11) is 4.25. The van der Waals surface area contributed by atoms with Gasteiger partial charge >= 0.3 is 0 Å². The second-order valence-corrected chi connectivity index (χ2v) is 5.80. The van der Waals surface area contributed by atoms with Crippen LogP contribution in [-0.2, 0) is 4.74 Å². The molecule has 0 aromatic carbocycles. The lowest BCUT2D eigenvalue weighted by atomic mass is 9.85. The Morgan fingerprint density at radius 3 is 2.53 bits per heavy atom. The minimum absolute atomic E-state index is 0.133. The van der Waals surface area contributed by atoms with Gasteiger partial charge in [-0.2, -0.15) is 0 Å². The Morgan fingerprint density at radius 2 is 2.06 bits per heavy atom. The fourth-order valence-corrected chi connectivity index (χ4v) is 2.36. The van der Waals surface area contributed by atoms with Crippen molar-refractivity contribution < 1.29 is 4.74 Å². The molecule has 102 valence electrons. The second kappa shape index (κ2) is 6.69. The predicted molar refractivity (Wildman–Crippen MR) is 72.2 cm³/mol. The molecular formula is C13H29N3O. The lowest BCUT2D eigenvalue weighted by molar-refractivity contribution is 0.119. The van der Waals surface area contributed by atoms with Gasteiger partial charge in [0.25, 0.3) is 0 Å². The van der Waals surface area contributed by atoms with E-state index in [0.29, 0.717) is 6.61 Å². The Bertz CT molecular complexity index is 223. The van der Waals surface area contributed by atoms with Gasteiger partial charge in [0, 0.05) is 18.0 Å². The van der Waals surface area contributed by atoms with E-state index in [-0.39, 0.29) is 11.5 Å². The summed E-state index contributed by atoms with van der Waals surface area (Å²) in [6.07, 6.45) is 1.22. The Balaban J connectivity index is 2.35. The van der Waals surface area contributed by atoms with Gasteiger partial charge < -0.3 is 20.3 Å². The van der Waals surface area contributed by atoms with Gasteiger partial charge in [-0.1, -0.05) is 13.8 Å². The minimum atomic E-state index is 0.133. The third-order valence-electron chi connectivity index (χ3n) is 3.74. The van der Waals surface area contributed by atoms with Crippen molar-refractivity contribution in [2.24, 2.45) is 11.1 Å². The molecule has 0 aromatic heterocycles. The van der Waals surface area contributed by atoms with Crippen LogP contribution in [-0.4, -0.2) is 69.3 Å². The van der Waals surface area contributed by atoms with Crippen molar-refractivity contribution in [3.8, 4) is 0 Å². The molecule has 17 heavy (non-hydrogen) atoms. The molecule has 1 aliphatic heterocycles. The van der Waals surface area contributed by atoms with Gasteiger partial charge in [0.05, 0.1) is 13.2 Å². The Kier molecular flexibility index (Phi) is 5.86. The van der Waals surface area contributed by atoms with E-state index < -0.39 is 0 Å². The van der Waals surface area contributed by atoms with Crippen molar-refractivity contribution >= 4 is 0 Å². The predicted octanol–water partition coefficient (Wildman–Crippen LogP) is 0.624. The maximum Gasteiger partial charge on any atom is 0.0624 e. The van der Waals surface area contributed by atoms with Crippen LogP contribution in [0.4, 0.5) is 0 Å². The highest BCUT2D eigenvalue weighted by Crippen LogP contribution is 2.28. The molecule has 1 fully saturated rings. The highest BCUT2D eigenvalue weighted by molar-refractivity contribution is 4.92. The van der Waals surface area contributed by atoms with Crippen molar-refractivity contribution in [3.05, 3.63) is 0 Å².